The summed E-state index contributed by atoms with van der Waals surface area (Å²) in [5, 5.41) is 2.29. The largest absolute Gasteiger partial charge is 0.428 e. The maximum absolute atomic E-state index is 12.7. The van der Waals surface area contributed by atoms with E-state index in [1.165, 1.54) is 23.6 Å². The van der Waals surface area contributed by atoms with Gasteiger partial charge in [-0.25, -0.2) is 4.79 Å². The predicted octanol–water partition coefficient (Wildman–Crippen LogP) is 0.297. The van der Waals surface area contributed by atoms with Crippen molar-refractivity contribution in [3.05, 3.63) is 35.9 Å². The van der Waals surface area contributed by atoms with Crippen molar-refractivity contribution in [1.82, 2.24) is 10.2 Å². The molecule has 1 aromatic rings. The van der Waals surface area contributed by atoms with E-state index >= 15 is 0 Å². The Bertz CT molecular complexity index is 830. The summed E-state index contributed by atoms with van der Waals surface area (Å²) in [6.45, 7) is 4.32. The summed E-state index contributed by atoms with van der Waals surface area (Å²) < 4.78 is 8.97. The number of hydrogen-bond donors (Lipinski definition) is 2. The van der Waals surface area contributed by atoms with Gasteiger partial charge in [-0.3, -0.25) is 14.4 Å². The summed E-state index contributed by atoms with van der Waals surface area (Å²) in [5.41, 5.74) is 6.64. The Balaban J connectivity index is 1.65. The van der Waals surface area contributed by atoms with Gasteiger partial charge in [0.05, 0.1) is 0 Å². The van der Waals surface area contributed by atoms with Gasteiger partial charge in [-0.1, -0.05) is 30.3 Å². The van der Waals surface area contributed by atoms with Gasteiger partial charge in [-0.05, 0) is 19.4 Å². The van der Waals surface area contributed by atoms with Crippen LogP contribution in [0.25, 0.3) is 0 Å². The first-order valence-electron chi connectivity index (χ1n) is 9.04. The number of fused-ring (bicyclic) bond motifs is 1. The normalized spacial score (nSPS) is 25.4. The van der Waals surface area contributed by atoms with Crippen LogP contribution >= 0.6 is 11.8 Å². The van der Waals surface area contributed by atoms with Gasteiger partial charge >= 0.3 is 11.9 Å². The first kappa shape index (κ1) is 21.1. The molecule has 2 heterocycles. The molecule has 156 valence electrons. The SMILES string of the molecule is CC(=O)OCOC(=O)[C@@H]1N2C(=O)[C@@H](NC(=O)C(N)c3ccccc3)[C@H]2SC1(C)C. The number of ether oxygens (including phenoxy) is 2. The number of hydrogen-bond acceptors (Lipinski definition) is 8. The third-order valence-electron chi connectivity index (χ3n) is 4.87. The molecular formula is C19H23N3O6S. The molecular weight excluding hydrogens is 398 g/mol. The first-order chi connectivity index (χ1) is 13.6. The van der Waals surface area contributed by atoms with Crippen molar-refractivity contribution in [2.24, 2.45) is 5.73 Å². The molecule has 9 nitrogen and oxygen atoms in total. The Morgan fingerprint density at radius 3 is 2.52 bits per heavy atom. The first-order valence-corrected chi connectivity index (χ1v) is 9.92. The molecule has 10 heteroatoms. The molecule has 0 radical (unpaired) electrons. The van der Waals surface area contributed by atoms with E-state index in [1.807, 2.05) is 19.9 Å². The Kier molecular flexibility index (Phi) is 5.85. The van der Waals surface area contributed by atoms with Crippen molar-refractivity contribution in [1.29, 1.82) is 0 Å². The molecule has 3 N–H and O–H groups in total. The minimum Gasteiger partial charge on any atom is -0.428 e. The smallest absolute Gasteiger partial charge is 0.333 e. The molecule has 0 aliphatic carbocycles. The van der Waals surface area contributed by atoms with Crippen molar-refractivity contribution in [3.63, 3.8) is 0 Å². The van der Waals surface area contributed by atoms with E-state index in [-0.39, 0.29) is 5.91 Å². The Morgan fingerprint density at radius 2 is 1.90 bits per heavy atom. The number of nitrogens with zero attached hydrogens (tertiary/aromatic N) is 1. The van der Waals surface area contributed by atoms with Crippen molar-refractivity contribution >= 4 is 35.5 Å². The molecule has 2 aliphatic heterocycles. The van der Waals surface area contributed by atoms with Gasteiger partial charge in [0.25, 0.3) is 0 Å². The average Bonchev–Trinajstić information content (AvgIpc) is 2.93. The fourth-order valence-corrected chi connectivity index (χ4v) is 5.05. The van der Waals surface area contributed by atoms with Crippen molar-refractivity contribution < 1.29 is 28.7 Å². The Morgan fingerprint density at radius 1 is 1.24 bits per heavy atom. The van der Waals surface area contributed by atoms with E-state index in [2.05, 4.69) is 10.1 Å². The van der Waals surface area contributed by atoms with Crippen LogP contribution in [0, 0.1) is 0 Å². The summed E-state index contributed by atoms with van der Waals surface area (Å²) >= 11 is 1.40. The minimum atomic E-state index is -0.901. The van der Waals surface area contributed by atoms with E-state index in [9.17, 15) is 19.2 Å². The summed E-state index contributed by atoms with van der Waals surface area (Å²) in [6, 6.07) is 6.33. The van der Waals surface area contributed by atoms with Gasteiger partial charge in [0.2, 0.25) is 18.6 Å². The van der Waals surface area contributed by atoms with Crippen molar-refractivity contribution in [2.75, 3.05) is 6.79 Å². The van der Waals surface area contributed by atoms with E-state index < -0.39 is 52.9 Å². The minimum absolute atomic E-state index is 0.379. The number of nitrogens with one attached hydrogen (secondary N) is 1. The molecule has 0 aromatic heterocycles. The maximum atomic E-state index is 12.7. The van der Waals surface area contributed by atoms with Crippen molar-refractivity contribution in [2.45, 2.75) is 49.0 Å². The highest BCUT2D eigenvalue weighted by Gasteiger charge is 2.64. The zero-order valence-electron chi connectivity index (χ0n) is 16.3. The molecule has 2 fully saturated rings. The number of β-lactam (4-membered cyclic amide) rings is 1. The Hall–Kier alpha value is -2.59. The summed E-state index contributed by atoms with van der Waals surface area (Å²) in [5.74, 6) is -2.08. The van der Waals surface area contributed by atoms with E-state index in [4.69, 9.17) is 10.5 Å². The quantitative estimate of drug-likeness (QED) is 0.381. The molecule has 4 atom stereocenters. The maximum Gasteiger partial charge on any atom is 0.333 e. The number of thioether (sulfide) groups is 1. The number of nitrogens with two attached hydrogens (primary N) is 1. The number of esters is 2. The van der Waals surface area contributed by atoms with Crippen LogP contribution in [0.5, 0.6) is 0 Å². The molecule has 29 heavy (non-hydrogen) atoms. The highest BCUT2D eigenvalue weighted by atomic mass is 32.2. The molecule has 2 amide bonds. The highest BCUT2D eigenvalue weighted by Crippen LogP contribution is 2.51. The molecule has 0 bridgehead atoms. The zero-order chi connectivity index (χ0) is 21.3. The monoisotopic (exact) mass is 421 g/mol. The number of carbonyl (C=O) groups excluding carboxylic acids is 4. The van der Waals surface area contributed by atoms with Crippen LogP contribution in [0.1, 0.15) is 32.4 Å². The molecule has 1 aromatic carbocycles. The van der Waals surface area contributed by atoms with Crippen LogP contribution < -0.4 is 11.1 Å². The number of rotatable bonds is 6. The second kappa shape index (κ2) is 8.03. The Labute approximate surface area is 172 Å². The fraction of sp³-hybridized carbons (Fsp3) is 0.474. The van der Waals surface area contributed by atoms with Gasteiger partial charge in [-0.2, -0.15) is 0 Å². The predicted molar refractivity (Wildman–Crippen MR) is 104 cm³/mol. The lowest BCUT2D eigenvalue weighted by molar-refractivity contribution is -0.175. The van der Waals surface area contributed by atoms with Crippen LogP contribution in [-0.4, -0.2) is 57.7 Å². The third kappa shape index (κ3) is 4.08. The van der Waals surface area contributed by atoms with Crippen molar-refractivity contribution in [3.8, 4) is 0 Å². The number of benzene rings is 1. The van der Waals surface area contributed by atoms with Gasteiger partial charge in [0, 0.05) is 11.7 Å². The summed E-state index contributed by atoms with van der Waals surface area (Å²) in [6.07, 6.45) is 0. The molecule has 0 saturated carbocycles. The van der Waals surface area contributed by atoms with Crippen LogP contribution in [0.2, 0.25) is 0 Å². The van der Waals surface area contributed by atoms with E-state index in [0.29, 0.717) is 5.56 Å². The third-order valence-corrected chi connectivity index (χ3v) is 6.44. The highest BCUT2D eigenvalue weighted by molar-refractivity contribution is 8.01. The number of amides is 2. The van der Waals surface area contributed by atoms with Gasteiger partial charge in [-0.15, -0.1) is 11.8 Å². The van der Waals surface area contributed by atoms with E-state index in [1.54, 1.807) is 24.3 Å². The lowest BCUT2D eigenvalue weighted by atomic mass is 9.95. The molecule has 2 saturated heterocycles. The summed E-state index contributed by atoms with van der Waals surface area (Å²) in [4.78, 5) is 49.9. The zero-order valence-corrected chi connectivity index (χ0v) is 17.1. The standard InChI is InChI=1S/C19H23N3O6S/c1-10(23)27-9-28-18(26)14-19(2,3)29-17-13(16(25)22(14)17)21-15(24)12(20)11-7-5-4-6-8-11/h4-8,12-14,17H,9,20H2,1-3H3,(H,21,24)/t12?,13-,14+,17-/m1/s1. The number of carbonyl (C=O) groups is 4. The molecule has 0 spiro atoms. The average molecular weight is 421 g/mol. The lowest BCUT2D eigenvalue weighted by Crippen LogP contribution is -2.71. The summed E-state index contributed by atoms with van der Waals surface area (Å²) in [7, 11) is 0. The van der Waals surface area contributed by atoms with Crippen LogP contribution in [0.15, 0.2) is 30.3 Å². The second-order valence-electron chi connectivity index (χ2n) is 7.35. The fourth-order valence-electron chi connectivity index (χ4n) is 3.43. The topological polar surface area (TPSA) is 128 Å². The van der Waals surface area contributed by atoms with E-state index in [0.717, 1.165) is 0 Å². The van der Waals surface area contributed by atoms with Crippen LogP contribution in [0.4, 0.5) is 0 Å². The lowest BCUT2D eigenvalue weighted by Gasteiger charge is -2.44. The van der Waals surface area contributed by atoms with Gasteiger partial charge in [0.1, 0.15) is 23.5 Å². The van der Waals surface area contributed by atoms with Crippen LogP contribution in [0.3, 0.4) is 0 Å². The molecule has 3 rings (SSSR count). The van der Waals surface area contributed by atoms with Gasteiger partial charge < -0.3 is 25.4 Å². The van der Waals surface area contributed by atoms with Crippen LogP contribution in [-0.2, 0) is 28.7 Å². The second-order valence-corrected chi connectivity index (χ2v) is 9.12. The van der Waals surface area contributed by atoms with Gasteiger partial charge in [0.15, 0.2) is 0 Å². The molecule has 1 unspecified atom stereocenters. The molecule has 2 aliphatic rings.